The summed E-state index contributed by atoms with van der Waals surface area (Å²) >= 11 is 3.50. The van der Waals surface area contributed by atoms with E-state index in [1.807, 2.05) is 19.1 Å². The minimum absolute atomic E-state index is 0.209. The number of methoxy groups -OCH3 is 1. The molecule has 2 unspecified atom stereocenters. The second-order valence-electron chi connectivity index (χ2n) is 4.98. The minimum atomic E-state index is -0.209. The molecule has 1 fully saturated rings. The monoisotopic (exact) mass is 313 g/mol. The Kier molecular flexibility index (Phi) is 4.65. The maximum Gasteiger partial charge on any atom is 0.123 e. The Morgan fingerprint density at radius 2 is 2.33 bits per heavy atom. The fraction of sp³-hybridized carbons (Fsp3) is 0.571. The minimum Gasteiger partial charge on any atom is -0.496 e. The summed E-state index contributed by atoms with van der Waals surface area (Å²) in [6.07, 6.45) is 0.868. The first-order valence-electron chi connectivity index (χ1n) is 6.33. The van der Waals surface area contributed by atoms with E-state index in [1.165, 1.54) is 5.56 Å². The zero-order chi connectivity index (χ0) is 13.1. The van der Waals surface area contributed by atoms with Crippen LogP contribution in [-0.2, 0) is 6.54 Å². The number of benzene rings is 1. The van der Waals surface area contributed by atoms with E-state index >= 15 is 0 Å². The second-order valence-corrected chi connectivity index (χ2v) is 5.90. The predicted molar refractivity (Wildman–Crippen MR) is 75.8 cm³/mol. The van der Waals surface area contributed by atoms with Crippen molar-refractivity contribution in [3.8, 4) is 5.75 Å². The highest BCUT2D eigenvalue weighted by Crippen LogP contribution is 2.27. The predicted octanol–water partition coefficient (Wildman–Crippen LogP) is 2.66. The molecule has 1 aromatic carbocycles. The lowest BCUT2D eigenvalue weighted by atomic mass is 10.0. The van der Waals surface area contributed by atoms with Crippen molar-refractivity contribution in [2.45, 2.75) is 26.0 Å². The molecular weight excluding hydrogens is 294 g/mol. The highest BCUT2D eigenvalue weighted by atomic mass is 79.9. The Bertz CT molecular complexity index is 409. The van der Waals surface area contributed by atoms with Crippen LogP contribution >= 0.6 is 15.9 Å². The molecule has 1 heterocycles. The van der Waals surface area contributed by atoms with Crippen molar-refractivity contribution >= 4 is 15.9 Å². The average molecular weight is 314 g/mol. The number of hydrogen-bond donors (Lipinski definition) is 1. The SMILES string of the molecule is COc1ccc(Br)cc1CN1CCC(C(C)O)C1. The number of nitrogens with zero attached hydrogens (tertiary/aromatic N) is 1. The molecule has 0 aliphatic carbocycles. The van der Waals surface area contributed by atoms with Crippen LogP contribution in [0.4, 0.5) is 0 Å². The van der Waals surface area contributed by atoms with Crippen molar-refractivity contribution in [3.05, 3.63) is 28.2 Å². The van der Waals surface area contributed by atoms with E-state index in [0.717, 1.165) is 36.3 Å². The molecule has 1 N–H and O–H groups in total. The molecule has 3 nitrogen and oxygen atoms in total. The maximum atomic E-state index is 9.62. The summed E-state index contributed by atoms with van der Waals surface area (Å²) in [6, 6.07) is 6.08. The number of halogens is 1. The molecule has 18 heavy (non-hydrogen) atoms. The molecule has 1 saturated heterocycles. The lowest BCUT2D eigenvalue weighted by Crippen LogP contribution is -2.24. The number of aliphatic hydroxyl groups is 1. The second kappa shape index (κ2) is 6.04. The summed E-state index contributed by atoms with van der Waals surface area (Å²) in [5.41, 5.74) is 1.19. The Labute approximate surface area is 117 Å². The van der Waals surface area contributed by atoms with Crippen molar-refractivity contribution in [1.82, 2.24) is 4.90 Å². The highest BCUT2D eigenvalue weighted by Gasteiger charge is 2.26. The van der Waals surface area contributed by atoms with Crippen LogP contribution in [0.3, 0.4) is 0 Å². The van der Waals surface area contributed by atoms with Gasteiger partial charge in [0.2, 0.25) is 0 Å². The van der Waals surface area contributed by atoms with E-state index in [0.29, 0.717) is 5.92 Å². The fourth-order valence-corrected chi connectivity index (χ4v) is 2.92. The number of likely N-dealkylation sites (tertiary alicyclic amines) is 1. The van der Waals surface area contributed by atoms with Crippen LogP contribution in [0.2, 0.25) is 0 Å². The smallest absolute Gasteiger partial charge is 0.123 e. The van der Waals surface area contributed by atoms with Crippen LogP contribution < -0.4 is 4.74 Å². The van der Waals surface area contributed by atoms with Crippen molar-refractivity contribution in [3.63, 3.8) is 0 Å². The van der Waals surface area contributed by atoms with Gasteiger partial charge < -0.3 is 9.84 Å². The molecular formula is C14H20BrNO2. The summed E-state index contributed by atoms with van der Waals surface area (Å²) in [5.74, 6) is 1.34. The van der Waals surface area contributed by atoms with Gasteiger partial charge in [-0.25, -0.2) is 0 Å². The zero-order valence-corrected chi connectivity index (χ0v) is 12.5. The van der Waals surface area contributed by atoms with Gasteiger partial charge >= 0.3 is 0 Å². The van der Waals surface area contributed by atoms with Gasteiger partial charge in [0.1, 0.15) is 5.75 Å². The molecule has 0 saturated carbocycles. The van der Waals surface area contributed by atoms with Gasteiger partial charge in [-0.2, -0.15) is 0 Å². The van der Waals surface area contributed by atoms with Gasteiger partial charge in [-0.15, -0.1) is 0 Å². The Morgan fingerprint density at radius 3 is 2.94 bits per heavy atom. The van der Waals surface area contributed by atoms with Gasteiger partial charge in [-0.05, 0) is 44.0 Å². The highest BCUT2D eigenvalue weighted by molar-refractivity contribution is 9.10. The number of aliphatic hydroxyl groups excluding tert-OH is 1. The van der Waals surface area contributed by atoms with Crippen molar-refractivity contribution in [2.75, 3.05) is 20.2 Å². The van der Waals surface area contributed by atoms with Crippen LogP contribution in [0.1, 0.15) is 18.9 Å². The lowest BCUT2D eigenvalue weighted by molar-refractivity contribution is 0.127. The van der Waals surface area contributed by atoms with Crippen molar-refractivity contribution in [2.24, 2.45) is 5.92 Å². The molecule has 0 amide bonds. The van der Waals surface area contributed by atoms with Gasteiger partial charge in [0.05, 0.1) is 13.2 Å². The van der Waals surface area contributed by atoms with Crippen LogP contribution in [0, 0.1) is 5.92 Å². The first kappa shape index (κ1) is 13.8. The lowest BCUT2D eigenvalue weighted by Gasteiger charge is -2.19. The molecule has 4 heteroatoms. The Morgan fingerprint density at radius 1 is 1.56 bits per heavy atom. The van der Waals surface area contributed by atoms with Gasteiger partial charge in [-0.3, -0.25) is 4.90 Å². The largest absolute Gasteiger partial charge is 0.496 e. The summed E-state index contributed by atoms with van der Waals surface area (Å²) in [6.45, 7) is 4.78. The van der Waals surface area contributed by atoms with Crippen LogP contribution in [-0.4, -0.2) is 36.3 Å². The number of hydrogen-bond acceptors (Lipinski definition) is 3. The molecule has 0 bridgehead atoms. The molecule has 0 aromatic heterocycles. The first-order chi connectivity index (χ1) is 8.60. The molecule has 2 atom stereocenters. The van der Waals surface area contributed by atoms with E-state index in [-0.39, 0.29) is 6.10 Å². The average Bonchev–Trinajstić information content (AvgIpc) is 2.78. The van der Waals surface area contributed by atoms with Crippen molar-refractivity contribution < 1.29 is 9.84 Å². The third kappa shape index (κ3) is 3.25. The number of rotatable bonds is 4. The maximum absolute atomic E-state index is 9.62. The van der Waals surface area contributed by atoms with E-state index in [2.05, 4.69) is 26.9 Å². The standard InChI is InChI=1S/C14H20BrNO2/c1-10(17)11-5-6-16(8-11)9-12-7-13(15)3-4-14(12)18-2/h3-4,7,10-11,17H,5-6,8-9H2,1-2H3. The first-order valence-corrected chi connectivity index (χ1v) is 7.12. The third-order valence-electron chi connectivity index (χ3n) is 3.63. The van der Waals surface area contributed by atoms with Gasteiger partial charge in [0.25, 0.3) is 0 Å². The molecule has 0 spiro atoms. The van der Waals surface area contributed by atoms with E-state index in [4.69, 9.17) is 4.74 Å². The zero-order valence-electron chi connectivity index (χ0n) is 10.9. The molecule has 1 aliphatic rings. The summed E-state index contributed by atoms with van der Waals surface area (Å²) in [5, 5.41) is 9.62. The van der Waals surface area contributed by atoms with Gasteiger partial charge in [0, 0.05) is 23.1 Å². The quantitative estimate of drug-likeness (QED) is 0.927. The number of ether oxygens (including phenoxy) is 1. The van der Waals surface area contributed by atoms with Crippen LogP contribution in [0.15, 0.2) is 22.7 Å². The molecule has 0 radical (unpaired) electrons. The summed E-state index contributed by atoms with van der Waals surface area (Å²) in [7, 11) is 1.70. The molecule has 2 rings (SSSR count). The molecule has 1 aromatic rings. The molecule has 100 valence electrons. The normalized spacial score (nSPS) is 22.1. The summed E-state index contributed by atoms with van der Waals surface area (Å²) in [4.78, 5) is 2.38. The van der Waals surface area contributed by atoms with Crippen LogP contribution in [0.25, 0.3) is 0 Å². The topological polar surface area (TPSA) is 32.7 Å². The Hall–Kier alpha value is -0.580. The van der Waals surface area contributed by atoms with Gasteiger partial charge in [-0.1, -0.05) is 15.9 Å². The third-order valence-corrected chi connectivity index (χ3v) is 4.12. The van der Waals surface area contributed by atoms with E-state index < -0.39 is 0 Å². The van der Waals surface area contributed by atoms with Crippen LogP contribution in [0.5, 0.6) is 5.75 Å². The Balaban J connectivity index is 2.04. The molecule has 1 aliphatic heterocycles. The fourth-order valence-electron chi connectivity index (χ4n) is 2.51. The van der Waals surface area contributed by atoms with Gasteiger partial charge in [0.15, 0.2) is 0 Å². The van der Waals surface area contributed by atoms with E-state index in [9.17, 15) is 5.11 Å². The van der Waals surface area contributed by atoms with Crippen molar-refractivity contribution in [1.29, 1.82) is 0 Å². The van der Waals surface area contributed by atoms with E-state index in [1.54, 1.807) is 7.11 Å². The summed E-state index contributed by atoms with van der Waals surface area (Å²) < 4.78 is 6.46.